The molecule has 0 atom stereocenters. The third kappa shape index (κ3) is 2.85. The van der Waals surface area contributed by atoms with E-state index in [4.69, 9.17) is 15.2 Å². The van der Waals surface area contributed by atoms with Gasteiger partial charge in [-0.1, -0.05) is 12.1 Å². The topological polar surface area (TPSA) is 60.1 Å². The number of rotatable bonds is 2. The van der Waals surface area contributed by atoms with Gasteiger partial charge >= 0.3 is 0 Å². The highest BCUT2D eigenvalue weighted by molar-refractivity contribution is 5.77. The molecular weight excluding hydrogens is 230 g/mol. The van der Waals surface area contributed by atoms with Crippen molar-refractivity contribution in [3.05, 3.63) is 23.8 Å². The molecule has 1 aromatic rings. The molecule has 1 aliphatic heterocycles. The Balaban J connectivity index is 2.21. The minimum absolute atomic E-state index is 0.497. The summed E-state index contributed by atoms with van der Waals surface area (Å²) in [6, 6.07) is 5.85. The molecule has 18 heavy (non-hydrogen) atoms. The highest BCUT2D eigenvalue weighted by atomic mass is 16.5. The average Bonchev–Trinajstić information content (AvgIpc) is 2.61. The van der Waals surface area contributed by atoms with Gasteiger partial charge in [0.2, 0.25) is 0 Å². The maximum Gasteiger partial charge on any atom is 0.191 e. The molecule has 0 aliphatic carbocycles. The molecule has 0 spiro atoms. The predicted molar refractivity (Wildman–Crippen MR) is 71.1 cm³/mol. The molecule has 5 heteroatoms. The maximum absolute atomic E-state index is 5.78. The van der Waals surface area contributed by atoms with Crippen LogP contribution < -0.4 is 15.2 Å². The van der Waals surface area contributed by atoms with Crippen molar-refractivity contribution in [3.63, 3.8) is 0 Å². The first kappa shape index (κ1) is 12.5. The second kappa shape index (κ2) is 5.62. The van der Waals surface area contributed by atoms with Crippen molar-refractivity contribution in [2.24, 2.45) is 10.7 Å². The van der Waals surface area contributed by atoms with Crippen LogP contribution in [0.5, 0.6) is 11.5 Å². The molecule has 98 valence electrons. The third-order valence-corrected chi connectivity index (χ3v) is 2.72. The first-order valence-corrected chi connectivity index (χ1v) is 6.03. The largest absolute Gasteiger partial charge is 0.490 e. The smallest absolute Gasteiger partial charge is 0.191 e. The summed E-state index contributed by atoms with van der Waals surface area (Å²) in [4.78, 5) is 6.09. The highest BCUT2D eigenvalue weighted by Gasteiger charge is 2.14. The fourth-order valence-corrected chi connectivity index (χ4v) is 1.69. The third-order valence-electron chi connectivity index (χ3n) is 2.72. The van der Waals surface area contributed by atoms with Crippen LogP contribution in [0.15, 0.2) is 23.2 Å². The Morgan fingerprint density at radius 2 is 2.11 bits per heavy atom. The lowest BCUT2D eigenvalue weighted by Gasteiger charge is -2.13. The molecule has 0 bridgehead atoms. The number of benzene rings is 1. The molecule has 5 nitrogen and oxygen atoms in total. The van der Waals surface area contributed by atoms with Crippen LogP contribution >= 0.6 is 0 Å². The summed E-state index contributed by atoms with van der Waals surface area (Å²) in [6.45, 7) is 1.87. The van der Waals surface area contributed by atoms with Crippen LogP contribution in [-0.4, -0.2) is 38.2 Å². The van der Waals surface area contributed by atoms with Crippen molar-refractivity contribution in [1.29, 1.82) is 0 Å². The Hall–Kier alpha value is -1.91. The molecule has 2 rings (SSSR count). The summed E-state index contributed by atoms with van der Waals surface area (Å²) in [5, 5.41) is 0. The Morgan fingerprint density at radius 1 is 1.33 bits per heavy atom. The van der Waals surface area contributed by atoms with E-state index in [-0.39, 0.29) is 0 Å². The van der Waals surface area contributed by atoms with E-state index in [0.29, 0.717) is 25.7 Å². The molecule has 0 aromatic heterocycles. The zero-order valence-corrected chi connectivity index (χ0v) is 10.8. The van der Waals surface area contributed by atoms with Gasteiger partial charge in [0.25, 0.3) is 0 Å². The fraction of sp³-hybridized carbons (Fsp3) is 0.462. The van der Waals surface area contributed by atoms with E-state index in [1.54, 1.807) is 4.90 Å². The Labute approximate surface area is 107 Å². The number of ether oxygens (including phenoxy) is 2. The number of hydrogen-bond acceptors (Lipinski definition) is 3. The number of nitrogens with two attached hydrogens (primary N) is 1. The van der Waals surface area contributed by atoms with E-state index in [1.165, 1.54) is 0 Å². The number of guanidine groups is 1. The van der Waals surface area contributed by atoms with E-state index in [0.717, 1.165) is 23.5 Å². The van der Waals surface area contributed by atoms with Gasteiger partial charge in [0.05, 0.1) is 19.8 Å². The lowest BCUT2D eigenvalue weighted by Crippen LogP contribution is -2.30. The van der Waals surface area contributed by atoms with Gasteiger partial charge in [-0.3, -0.25) is 0 Å². The molecule has 0 amide bonds. The van der Waals surface area contributed by atoms with Crippen LogP contribution in [0.4, 0.5) is 0 Å². The second-order valence-electron chi connectivity index (χ2n) is 4.36. The Morgan fingerprint density at radius 3 is 2.89 bits per heavy atom. The van der Waals surface area contributed by atoms with Crippen molar-refractivity contribution in [2.75, 3.05) is 27.3 Å². The quantitative estimate of drug-likeness (QED) is 0.632. The number of nitrogens with zero attached hydrogens (tertiary/aromatic N) is 2. The SMILES string of the molecule is CN(C)C(N)=NCc1cccc2c1OCCCO2. The second-order valence-corrected chi connectivity index (χ2v) is 4.36. The predicted octanol–water partition coefficient (Wildman–Crippen LogP) is 1.22. The van der Waals surface area contributed by atoms with Gasteiger partial charge in [0.1, 0.15) is 0 Å². The highest BCUT2D eigenvalue weighted by Crippen LogP contribution is 2.33. The lowest BCUT2D eigenvalue weighted by atomic mass is 10.2. The van der Waals surface area contributed by atoms with Crippen molar-refractivity contribution in [3.8, 4) is 11.5 Å². The van der Waals surface area contributed by atoms with Gasteiger partial charge in [0, 0.05) is 26.1 Å². The summed E-state index contributed by atoms with van der Waals surface area (Å²) in [7, 11) is 3.73. The zero-order valence-electron chi connectivity index (χ0n) is 10.8. The molecule has 1 aromatic carbocycles. The molecule has 0 saturated carbocycles. The number of para-hydroxylation sites is 1. The summed E-state index contributed by atoms with van der Waals surface area (Å²) in [5.74, 6) is 2.09. The van der Waals surface area contributed by atoms with E-state index < -0.39 is 0 Å². The van der Waals surface area contributed by atoms with Gasteiger partial charge < -0.3 is 20.1 Å². The first-order chi connectivity index (χ1) is 8.68. The van der Waals surface area contributed by atoms with Crippen LogP contribution in [0.25, 0.3) is 0 Å². The zero-order chi connectivity index (χ0) is 13.0. The maximum atomic E-state index is 5.78. The van der Waals surface area contributed by atoms with Crippen LogP contribution in [0.3, 0.4) is 0 Å². The van der Waals surface area contributed by atoms with E-state index >= 15 is 0 Å². The van der Waals surface area contributed by atoms with Crippen LogP contribution in [0, 0.1) is 0 Å². The lowest BCUT2D eigenvalue weighted by molar-refractivity contribution is 0.296. The van der Waals surface area contributed by atoms with E-state index in [2.05, 4.69) is 4.99 Å². The monoisotopic (exact) mass is 249 g/mol. The summed E-state index contributed by atoms with van der Waals surface area (Å²) >= 11 is 0. The standard InChI is InChI=1S/C13H19N3O2/c1-16(2)13(14)15-9-10-5-3-6-11-12(10)18-8-4-7-17-11/h3,5-6H,4,7-9H2,1-2H3,(H2,14,15). The Bertz CT molecular complexity index is 444. The van der Waals surface area contributed by atoms with E-state index in [1.807, 2.05) is 32.3 Å². The Kier molecular flexibility index (Phi) is 3.92. The number of aliphatic imine (C=N–C) groups is 1. The molecule has 1 aliphatic rings. The molecular formula is C13H19N3O2. The fourth-order valence-electron chi connectivity index (χ4n) is 1.69. The molecule has 2 N–H and O–H groups in total. The molecule has 0 fully saturated rings. The van der Waals surface area contributed by atoms with Crippen LogP contribution in [0.1, 0.15) is 12.0 Å². The summed E-state index contributed by atoms with van der Waals surface area (Å²) < 4.78 is 11.4. The van der Waals surface area contributed by atoms with Crippen LogP contribution in [-0.2, 0) is 6.54 Å². The van der Waals surface area contributed by atoms with E-state index in [9.17, 15) is 0 Å². The molecule has 1 heterocycles. The van der Waals surface area contributed by atoms with Gasteiger partial charge in [-0.2, -0.15) is 0 Å². The van der Waals surface area contributed by atoms with Gasteiger partial charge in [0.15, 0.2) is 17.5 Å². The average molecular weight is 249 g/mol. The number of fused-ring (bicyclic) bond motifs is 1. The van der Waals surface area contributed by atoms with Gasteiger partial charge in [-0.25, -0.2) is 4.99 Å². The van der Waals surface area contributed by atoms with Crippen molar-refractivity contribution >= 4 is 5.96 Å². The minimum atomic E-state index is 0.497. The van der Waals surface area contributed by atoms with Crippen molar-refractivity contribution in [1.82, 2.24) is 4.90 Å². The van der Waals surface area contributed by atoms with Crippen molar-refractivity contribution < 1.29 is 9.47 Å². The van der Waals surface area contributed by atoms with Crippen molar-refractivity contribution in [2.45, 2.75) is 13.0 Å². The first-order valence-electron chi connectivity index (χ1n) is 6.03. The number of hydrogen-bond donors (Lipinski definition) is 1. The summed E-state index contributed by atoms with van der Waals surface area (Å²) in [5.41, 5.74) is 6.77. The minimum Gasteiger partial charge on any atom is -0.490 e. The molecule has 0 unspecified atom stereocenters. The molecule has 0 radical (unpaired) electrons. The molecule has 0 saturated heterocycles. The normalized spacial score (nSPS) is 15.1. The van der Waals surface area contributed by atoms with Crippen LogP contribution in [0.2, 0.25) is 0 Å². The van der Waals surface area contributed by atoms with Gasteiger partial charge in [-0.05, 0) is 6.07 Å². The van der Waals surface area contributed by atoms with Gasteiger partial charge in [-0.15, -0.1) is 0 Å². The summed E-state index contributed by atoms with van der Waals surface area (Å²) in [6.07, 6.45) is 0.900.